The first-order valence-electron chi connectivity index (χ1n) is 21.6. The summed E-state index contributed by atoms with van der Waals surface area (Å²) >= 11 is 0. The van der Waals surface area contributed by atoms with Crippen LogP contribution in [0.2, 0.25) is 0 Å². The van der Waals surface area contributed by atoms with Crippen LogP contribution in [0.15, 0.2) is 0 Å². The number of nitrogens with one attached hydrogen (secondary N) is 3. The molecule has 0 aromatic rings. The summed E-state index contributed by atoms with van der Waals surface area (Å²) in [4.78, 5) is 99.8. The topological polar surface area (TPSA) is 235 Å². The Kier molecular flexibility index (Phi) is 24.8. The fourth-order valence-electron chi connectivity index (χ4n) is 6.99. The average molecular weight is 855 g/mol. The Labute approximate surface area is 360 Å². The molecule has 7 N–H and O–H groups in total. The highest BCUT2D eigenvalue weighted by Gasteiger charge is 2.43. The fourth-order valence-corrected chi connectivity index (χ4v) is 6.99. The predicted molar refractivity (Wildman–Crippen MR) is 233 cm³/mol. The maximum absolute atomic E-state index is 14.6. The predicted octanol–water partition coefficient (Wildman–Crippen LogP) is 1.33. The molecule has 0 rings (SSSR count). The van der Waals surface area contributed by atoms with Crippen molar-refractivity contribution >= 4 is 41.4 Å². The second-order valence-corrected chi connectivity index (χ2v) is 18.6. The lowest BCUT2D eigenvalue weighted by molar-refractivity contribution is -0.155. The van der Waals surface area contributed by atoms with Crippen molar-refractivity contribution in [1.29, 1.82) is 0 Å². The minimum Gasteiger partial charge on any atom is -0.391 e. The van der Waals surface area contributed by atoms with Crippen LogP contribution in [0.1, 0.15) is 115 Å². The van der Waals surface area contributed by atoms with E-state index in [-0.39, 0.29) is 36.1 Å². The number of aliphatic hydroxyl groups excluding tert-OH is 2. The van der Waals surface area contributed by atoms with Gasteiger partial charge in [-0.05, 0) is 68.7 Å². The first kappa shape index (κ1) is 56.2. The normalized spacial score (nSPS) is 15.8. The number of nitrogens with zero attached hydrogens (tertiary/aromatic N) is 4. The van der Waals surface area contributed by atoms with Gasteiger partial charge in [-0.15, -0.1) is 0 Å². The maximum atomic E-state index is 14.6. The largest absolute Gasteiger partial charge is 0.391 e. The number of nitrogens with two attached hydrogens (primary N) is 1. The van der Waals surface area contributed by atoms with Crippen molar-refractivity contribution in [2.75, 3.05) is 41.3 Å². The molecule has 0 bridgehead atoms. The molecule has 0 unspecified atom stereocenters. The SMILES string of the molecule is CC(C)CCC(=O)N[C@@H](CC(C)C)C(=O)N(C)[C@H](C(=O)N(C)[C@H](C(=O)N[C@H](C(=O)N(C)CC(=O)N(C)[C@@H](CC(C)C)C(N)=O)[C@@H](C)O)[C@H](O)[C@H](C)CCNC(C)C)C(C)C. The highest BCUT2D eigenvalue weighted by Crippen LogP contribution is 2.22. The third-order valence-corrected chi connectivity index (χ3v) is 10.7. The molecule has 0 fully saturated rings. The molecular weight excluding hydrogens is 773 g/mol. The first-order valence-corrected chi connectivity index (χ1v) is 21.6. The molecule has 0 heterocycles. The zero-order valence-electron chi connectivity index (χ0n) is 39.6. The van der Waals surface area contributed by atoms with Gasteiger partial charge in [-0.3, -0.25) is 33.6 Å². The number of hydrogen-bond acceptors (Lipinski definition) is 10. The number of likely N-dealkylation sites (N-methyl/N-ethyl adjacent to an activating group) is 4. The monoisotopic (exact) mass is 855 g/mol. The van der Waals surface area contributed by atoms with E-state index in [9.17, 15) is 43.8 Å². The van der Waals surface area contributed by atoms with Crippen LogP contribution in [0.3, 0.4) is 0 Å². The van der Waals surface area contributed by atoms with E-state index in [0.29, 0.717) is 32.2 Å². The molecule has 17 nitrogen and oxygen atoms in total. The van der Waals surface area contributed by atoms with Gasteiger partial charge >= 0.3 is 0 Å². The Morgan fingerprint density at radius 2 is 1.17 bits per heavy atom. The van der Waals surface area contributed by atoms with Gasteiger partial charge in [-0.25, -0.2) is 0 Å². The van der Waals surface area contributed by atoms with Crippen molar-refractivity contribution in [1.82, 2.24) is 35.6 Å². The molecule has 7 amide bonds. The molecular formula is C43H82N8O9. The van der Waals surface area contributed by atoms with E-state index in [2.05, 4.69) is 16.0 Å². The third-order valence-electron chi connectivity index (χ3n) is 10.7. The van der Waals surface area contributed by atoms with E-state index in [1.807, 2.05) is 55.4 Å². The zero-order chi connectivity index (χ0) is 46.9. The Morgan fingerprint density at radius 3 is 1.62 bits per heavy atom. The lowest BCUT2D eigenvalue weighted by Crippen LogP contribution is -2.64. The third kappa shape index (κ3) is 18.4. The van der Waals surface area contributed by atoms with Crippen LogP contribution in [-0.4, -0.2) is 161 Å². The summed E-state index contributed by atoms with van der Waals surface area (Å²) in [6.45, 7) is 22.0. The minimum atomic E-state index is -1.61. The smallest absolute Gasteiger partial charge is 0.248 e. The Hall–Kier alpha value is -3.83. The lowest BCUT2D eigenvalue weighted by atomic mass is 9.91. The van der Waals surface area contributed by atoms with Gasteiger partial charge in [0.25, 0.3) is 0 Å². The fraction of sp³-hybridized carbons (Fsp3) is 0.837. The van der Waals surface area contributed by atoms with Gasteiger partial charge in [0.2, 0.25) is 41.4 Å². The molecule has 0 spiro atoms. The van der Waals surface area contributed by atoms with Crippen LogP contribution in [0, 0.1) is 29.6 Å². The number of hydrogen-bond donors (Lipinski definition) is 6. The Balaban J connectivity index is 6.83. The van der Waals surface area contributed by atoms with Gasteiger partial charge in [0.1, 0.15) is 30.2 Å². The summed E-state index contributed by atoms with van der Waals surface area (Å²) in [5, 5.41) is 31.4. The molecule has 348 valence electrons. The van der Waals surface area contributed by atoms with Crippen molar-refractivity contribution < 1.29 is 43.8 Å². The van der Waals surface area contributed by atoms with E-state index in [4.69, 9.17) is 5.73 Å². The molecule has 0 saturated heterocycles. The van der Waals surface area contributed by atoms with Crippen LogP contribution in [0.25, 0.3) is 0 Å². The first-order chi connectivity index (χ1) is 27.6. The number of amides is 7. The standard InChI is InChI=1S/C43H82N8O9/c1-24(2)17-18-33(53)46-31(21-25(3)4)41(58)50(15)36(27(7)8)43(60)51(16)37(38(55)29(11)19-20-45-28(9)10)40(57)47-35(30(12)52)42(59)48(13)23-34(54)49(14)32(39(44)56)22-26(5)6/h24-32,35-38,45,52,55H,17-23H2,1-16H3,(H2,44,56)(H,46,53)(H,47,57)/t29-,30-,31+,32+,35+,36+,37+,38-/m1/s1. The Bertz CT molecular complexity index is 1410. The second-order valence-electron chi connectivity index (χ2n) is 18.6. The molecule has 0 saturated carbocycles. The lowest BCUT2D eigenvalue weighted by Gasteiger charge is -2.40. The van der Waals surface area contributed by atoms with Gasteiger partial charge in [0.05, 0.1) is 18.8 Å². The van der Waals surface area contributed by atoms with Crippen molar-refractivity contribution in [3.63, 3.8) is 0 Å². The molecule has 60 heavy (non-hydrogen) atoms. The van der Waals surface area contributed by atoms with E-state index >= 15 is 0 Å². The summed E-state index contributed by atoms with van der Waals surface area (Å²) in [7, 11) is 5.53. The van der Waals surface area contributed by atoms with Gasteiger partial charge in [-0.1, -0.05) is 76.2 Å². The van der Waals surface area contributed by atoms with E-state index in [1.54, 1.807) is 20.8 Å². The molecule has 17 heteroatoms. The molecule has 0 radical (unpaired) electrons. The van der Waals surface area contributed by atoms with Crippen LogP contribution >= 0.6 is 0 Å². The minimum absolute atomic E-state index is 0.0306. The Morgan fingerprint density at radius 1 is 0.633 bits per heavy atom. The van der Waals surface area contributed by atoms with Gasteiger partial charge in [-0.2, -0.15) is 0 Å². The maximum Gasteiger partial charge on any atom is 0.248 e. The highest BCUT2D eigenvalue weighted by atomic mass is 16.3. The summed E-state index contributed by atoms with van der Waals surface area (Å²) in [6, 6.07) is -6.02. The van der Waals surface area contributed by atoms with Crippen LogP contribution in [-0.2, 0) is 33.6 Å². The summed E-state index contributed by atoms with van der Waals surface area (Å²) in [6.07, 6.45) is -1.04. The molecule has 8 atom stereocenters. The van der Waals surface area contributed by atoms with E-state index in [0.717, 1.165) is 9.80 Å². The van der Waals surface area contributed by atoms with Gasteiger partial charge < -0.3 is 51.5 Å². The zero-order valence-corrected chi connectivity index (χ0v) is 39.6. The van der Waals surface area contributed by atoms with Crippen LogP contribution in [0.5, 0.6) is 0 Å². The van der Waals surface area contributed by atoms with E-state index in [1.165, 1.54) is 44.9 Å². The molecule has 0 aromatic heterocycles. The van der Waals surface area contributed by atoms with Crippen molar-refractivity contribution in [3.05, 3.63) is 0 Å². The molecule has 0 aromatic carbocycles. The van der Waals surface area contributed by atoms with Crippen molar-refractivity contribution in [2.45, 2.75) is 164 Å². The van der Waals surface area contributed by atoms with Gasteiger partial charge in [0.15, 0.2) is 0 Å². The van der Waals surface area contributed by atoms with Crippen molar-refractivity contribution in [2.24, 2.45) is 35.3 Å². The molecule has 0 aliphatic rings. The quantitative estimate of drug-likeness (QED) is 0.0694. The van der Waals surface area contributed by atoms with Gasteiger partial charge in [0, 0.05) is 40.7 Å². The average Bonchev–Trinajstić information content (AvgIpc) is 3.12. The van der Waals surface area contributed by atoms with Crippen molar-refractivity contribution in [3.8, 4) is 0 Å². The number of carbonyl (C=O) groups excluding carboxylic acids is 7. The van der Waals surface area contributed by atoms with E-state index < -0.39 is 96.2 Å². The number of rotatable bonds is 27. The number of aliphatic hydroxyl groups is 2. The summed E-state index contributed by atoms with van der Waals surface area (Å²) < 4.78 is 0. The van der Waals surface area contributed by atoms with Crippen LogP contribution < -0.4 is 21.7 Å². The molecule has 0 aliphatic heterocycles. The molecule has 0 aliphatic carbocycles. The number of primary amides is 1. The number of carbonyl (C=O) groups is 7. The summed E-state index contributed by atoms with van der Waals surface area (Å²) in [5.74, 6) is -5.19. The van der Waals surface area contributed by atoms with Crippen LogP contribution in [0.4, 0.5) is 0 Å². The highest BCUT2D eigenvalue weighted by molar-refractivity contribution is 5.96. The summed E-state index contributed by atoms with van der Waals surface area (Å²) in [5.41, 5.74) is 5.57. The second kappa shape index (κ2) is 26.5.